The van der Waals surface area contributed by atoms with Gasteiger partial charge in [0.15, 0.2) is 9.84 Å². The van der Waals surface area contributed by atoms with Crippen molar-refractivity contribution in [2.45, 2.75) is 57.1 Å². The van der Waals surface area contributed by atoms with Crippen molar-refractivity contribution in [2.24, 2.45) is 5.41 Å². The summed E-state index contributed by atoms with van der Waals surface area (Å²) in [7, 11) is -3.23. The van der Waals surface area contributed by atoms with Crippen molar-refractivity contribution in [2.75, 3.05) is 25.9 Å². The van der Waals surface area contributed by atoms with Gasteiger partial charge in [0.2, 0.25) is 5.91 Å². The van der Waals surface area contributed by atoms with Crippen LogP contribution in [0.25, 0.3) is 0 Å². The number of hydrogen-bond acceptors (Lipinski definition) is 5. The fourth-order valence-electron chi connectivity index (χ4n) is 4.01. The maximum absolute atomic E-state index is 12.6. The molecule has 3 rings (SSSR count). The summed E-state index contributed by atoms with van der Waals surface area (Å²) in [5.74, 6) is 0.114. The molecule has 7 nitrogen and oxygen atoms in total. The van der Waals surface area contributed by atoms with Crippen LogP contribution in [0.15, 0.2) is 29.2 Å². The number of ether oxygens (including phenoxy) is 1. The third-order valence-corrected chi connectivity index (χ3v) is 6.73. The first-order chi connectivity index (χ1) is 13.4. The Hall–Kier alpha value is -2.09. The summed E-state index contributed by atoms with van der Waals surface area (Å²) >= 11 is 0. The van der Waals surface area contributed by atoms with Crippen LogP contribution in [0, 0.1) is 5.41 Å². The first kappa shape index (κ1) is 21.6. The molecule has 1 aromatic carbocycles. The van der Waals surface area contributed by atoms with Gasteiger partial charge in [0.05, 0.1) is 4.90 Å². The lowest BCUT2D eigenvalue weighted by molar-refractivity contribution is -0.128. The maximum atomic E-state index is 12.6. The number of amides is 2. The highest BCUT2D eigenvalue weighted by molar-refractivity contribution is 7.90. The van der Waals surface area contributed by atoms with Gasteiger partial charge in [-0.05, 0) is 51.3 Å². The van der Waals surface area contributed by atoms with E-state index < -0.39 is 15.4 Å². The molecule has 160 valence electrons. The summed E-state index contributed by atoms with van der Waals surface area (Å²) in [5.41, 5.74) is 0.301. The first-order valence-corrected chi connectivity index (χ1v) is 11.8. The van der Waals surface area contributed by atoms with Crippen LogP contribution in [0.1, 0.15) is 45.6 Å². The van der Waals surface area contributed by atoms with Crippen molar-refractivity contribution >= 4 is 21.8 Å². The quantitative estimate of drug-likeness (QED) is 0.748. The Morgan fingerprint density at radius 2 is 1.72 bits per heavy atom. The highest BCUT2D eigenvalue weighted by Crippen LogP contribution is 2.41. The smallest absolute Gasteiger partial charge is 0.410 e. The number of carbonyl (C=O) groups is 2. The van der Waals surface area contributed by atoms with E-state index in [1.807, 2.05) is 25.7 Å². The standard InChI is InChI=1S/C21H30N2O5S/c1-20(2,3)28-19(25)22-11-9-21(10-12-22)13-18(24)23(15-21)14-16-5-7-17(8-6-16)29(4,26)27/h5-8H,9-15H2,1-4H3. The fourth-order valence-corrected chi connectivity index (χ4v) is 4.64. The number of hydrogen-bond donors (Lipinski definition) is 0. The average molecular weight is 423 g/mol. The summed E-state index contributed by atoms with van der Waals surface area (Å²) in [6, 6.07) is 6.69. The van der Waals surface area contributed by atoms with Gasteiger partial charge in [0, 0.05) is 44.3 Å². The lowest BCUT2D eigenvalue weighted by Crippen LogP contribution is -2.46. The molecule has 0 radical (unpaired) electrons. The first-order valence-electron chi connectivity index (χ1n) is 9.92. The monoisotopic (exact) mass is 422 g/mol. The summed E-state index contributed by atoms with van der Waals surface area (Å²) in [6.45, 7) is 7.89. The van der Waals surface area contributed by atoms with Crippen molar-refractivity contribution in [3.63, 3.8) is 0 Å². The normalized spacial score (nSPS) is 19.7. The van der Waals surface area contributed by atoms with Crippen LogP contribution >= 0.6 is 0 Å². The number of carbonyl (C=O) groups excluding carboxylic acids is 2. The van der Waals surface area contributed by atoms with Gasteiger partial charge in [-0.3, -0.25) is 4.79 Å². The molecule has 0 N–H and O–H groups in total. The Morgan fingerprint density at radius 3 is 2.24 bits per heavy atom. The molecule has 2 fully saturated rings. The molecule has 0 bridgehead atoms. The van der Waals surface area contributed by atoms with Gasteiger partial charge < -0.3 is 14.5 Å². The molecule has 1 spiro atoms. The second kappa shape index (κ2) is 7.63. The number of rotatable bonds is 3. The number of piperidine rings is 1. The molecule has 2 amide bonds. The van der Waals surface area contributed by atoms with Crippen molar-refractivity contribution in [3.05, 3.63) is 29.8 Å². The van der Waals surface area contributed by atoms with E-state index >= 15 is 0 Å². The second-order valence-electron chi connectivity index (χ2n) is 9.31. The number of benzene rings is 1. The van der Waals surface area contributed by atoms with Gasteiger partial charge in [0.25, 0.3) is 0 Å². The number of nitrogens with zero attached hydrogens (tertiary/aromatic N) is 2. The summed E-state index contributed by atoms with van der Waals surface area (Å²) in [6.07, 6.45) is 2.94. The van der Waals surface area contributed by atoms with Crippen molar-refractivity contribution < 1.29 is 22.7 Å². The zero-order valence-corrected chi connectivity index (χ0v) is 18.4. The maximum Gasteiger partial charge on any atom is 0.410 e. The van der Waals surface area contributed by atoms with E-state index in [4.69, 9.17) is 4.74 Å². The molecule has 2 saturated heterocycles. The molecule has 1 aromatic rings. The van der Waals surface area contributed by atoms with Crippen LogP contribution in [0.5, 0.6) is 0 Å². The fraction of sp³-hybridized carbons (Fsp3) is 0.619. The minimum atomic E-state index is -3.23. The minimum Gasteiger partial charge on any atom is -0.444 e. The Bertz CT molecular complexity index is 879. The molecule has 2 aliphatic rings. The molecule has 29 heavy (non-hydrogen) atoms. The molecule has 2 heterocycles. The highest BCUT2D eigenvalue weighted by Gasteiger charge is 2.45. The van der Waals surface area contributed by atoms with E-state index in [0.29, 0.717) is 32.6 Å². The SMILES string of the molecule is CC(C)(C)OC(=O)N1CCC2(CC1)CC(=O)N(Cc1ccc(S(C)(=O)=O)cc1)C2. The van der Waals surface area contributed by atoms with E-state index in [1.54, 1.807) is 29.2 Å². The average Bonchev–Trinajstić information content (AvgIpc) is 2.88. The Labute approximate surface area is 172 Å². The van der Waals surface area contributed by atoms with E-state index in [1.165, 1.54) is 6.26 Å². The van der Waals surface area contributed by atoms with Gasteiger partial charge >= 0.3 is 6.09 Å². The molecule has 0 aromatic heterocycles. The van der Waals surface area contributed by atoms with E-state index in [2.05, 4.69) is 0 Å². The van der Waals surface area contributed by atoms with E-state index in [-0.39, 0.29) is 22.3 Å². The topological polar surface area (TPSA) is 84.0 Å². The van der Waals surface area contributed by atoms with Crippen LogP contribution in [-0.4, -0.2) is 61.7 Å². The zero-order valence-electron chi connectivity index (χ0n) is 17.6. The lowest BCUT2D eigenvalue weighted by Gasteiger charge is -2.39. The summed E-state index contributed by atoms with van der Waals surface area (Å²) in [4.78, 5) is 28.7. The van der Waals surface area contributed by atoms with Crippen LogP contribution in [0.3, 0.4) is 0 Å². The van der Waals surface area contributed by atoms with Crippen LogP contribution in [-0.2, 0) is 25.9 Å². The van der Waals surface area contributed by atoms with Gasteiger partial charge in [-0.25, -0.2) is 13.2 Å². The predicted octanol–water partition coefficient (Wildman–Crippen LogP) is 2.84. The zero-order chi connectivity index (χ0) is 21.4. The summed E-state index contributed by atoms with van der Waals surface area (Å²) in [5, 5.41) is 0. The van der Waals surface area contributed by atoms with Gasteiger partial charge in [-0.2, -0.15) is 0 Å². The van der Waals surface area contributed by atoms with Crippen molar-refractivity contribution in [1.82, 2.24) is 9.80 Å². The molecule has 2 aliphatic heterocycles. The highest BCUT2D eigenvalue weighted by atomic mass is 32.2. The molecule has 0 aliphatic carbocycles. The third-order valence-electron chi connectivity index (χ3n) is 5.61. The number of sulfone groups is 1. The summed E-state index contributed by atoms with van der Waals surface area (Å²) < 4.78 is 28.6. The van der Waals surface area contributed by atoms with Crippen molar-refractivity contribution in [3.8, 4) is 0 Å². The van der Waals surface area contributed by atoms with Crippen LogP contribution in [0.2, 0.25) is 0 Å². The molecule has 0 atom stereocenters. The molecular formula is C21H30N2O5S. The molecule has 0 unspecified atom stereocenters. The minimum absolute atomic E-state index is 0.0949. The van der Waals surface area contributed by atoms with Gasteiger partial charge in [0.1, 0.15) is 5.60 Å². The van der Waals surface area contributed by atoms with Crippen molar-refractivity contribution in [1.29, 1.82) is 0 Å². The van der Waals surface area contributed by atoms with Gasteiger partial charge in [-0.1, -0.05) is 12.1 Å². The Kier molecular flexibility index (Phi) is 5.69. The Morgan fingerprint density at radius 1 is 1.14 bits per heavy atom. The second-order valence-corrected chi connectivity index (χ2v) is 11.3. The lowest BCUT2D eigenvalue weighted by atomic mass is 9.78. The number of likely N-dealkylation sites (tertiary alicyclic amines) is 2. The third kappa shape index (κ3) is 5.29. The van der Waals surface area contributed by atoms with E-state index in [9.17, 15) is 18.0 Å². The van der Waals surface area contributed by atoms with E-state index in [0.717, 1.165) is 18.4 Å². The largest absolute Gasteiger partial charge is 0.444 e. The Balaban J connectivity index is 1.59. The molecule has 0 saturated carbocycles. The van der Waals surface area contributed by atoms with Crippen LogP contribution in [0.4, 0.5) is 4.79 Å². The van der Waals surface area contributed by atoms with Crippen LogP contribution < -0.4 is 0 Å². The predicted molar refractivity (Wildman–Crippen MR) is 109 cm³/mol. The molecular weight excluding hydrogens is 392 g/mol. The van der Waals surface area contributed by atoms with Gasteiger partial charge in [-0.15, -0.1) is 0 Å². The molecule has 8 heteroatoms.